The normalized spacial score (nSPS) is 35.9. The lowest BCUT2D eigenvalue weighted by molar-refractivity contribution is -0.127. The van der Waals surface area contributed by atoms with E-state index in [1.165, 1.54) is 10.4 Å². The average molecular weight is 489 g/mol. The Kier molecular flexibility index (Phi) is 5.91. The molecule has 0 unspecified atom stereocenters. The summed E-state index contributed by atoms with van der Waals surface area (Å²) in [4.78, 5) is 13.5. The molecule has 0 spiro atoms. The van der Waals surface area contributed by atoms with Gasteiger partial charge in [0.05, 0.1) is 23.2 Å². The highest BCUT2D eigenvalue weighted by molar-refractivity contribution is 7.88. The van der Waals surface area contributed by atoms with Crippen molar-refractivity contribution in [2.45, 2.75) is 70.6 Å². The Morgan fingerprint density at radius 1 is 1.25 bits per heavy atom. The SMILES string of the molecule is Cc1ccc(Cl)c(F)c1[C@@H](NC(=O)[C@@H]1CN(S(C)(=O)=O)[C@@H](C)[C@@H]1C)C12CCC(F)(CC1)C2. The van der Waals surface area contributed by atoms with Crippen molar-refractivity contribution in [2.24, 2.45) is 17.3 Å². The van der Waals surface area contributed by atoms with Crippen LogP contribution in [0.3, 0.4) is 0 Å². The first-order chi connectivity index (χ1) is 14.8. The molecule has 0 aromatic heterocycles. The topological polar surface area (TPSA) is 66.5 Å². The molecule has 1 aromatic carbocycles. The summed E-state index contributed by atoms with van der Waals surface area (Å²) in [5.41, 5.74) is -0.880. The first kappa shape index (κ1) is 23.9. The first-order valence-corrected chi connectivity index (χ1v) is 13.4. The fraction of sp³-hybridized carbons (Fsp3) is 0.696. The minimum absolute atomic E-state index is 0.0325. The summed E-state index contributed by atoms with van der Waals surface area (Å²) in [6.45, 7) is 5.50. The molecular formula is C23H31ClF2N2O3S. The van der Waals surface area contributed by atoms with Crippen LogP contribution >= 0.6 is 11.6 Å². The van der Waals surface area contributed by atoms with E-state index in [9.17, 15) is 13.2 Å². The molecule has 4 atom stereocenters. The molecule has 3 aliphatic rings. The maximum atomic E-state index is 15.3. The summed E-state index contributed by atoms with van der Waals surface area (Å²) in [6, 6.07) is 2.16. The van der Waals surface area contributed by atoms with Crippen molar-refractivity contribution in [3.8, 4) is 0 Å². The van der Waals surface area contributed by atoms with Gasteiger partial charge >= 0.3 is 0 Å². The lowest BCUT2D eigenvalue weighted by Crippen LogP contribution is -2.44. The maximum absolute atomic E-state index is 15.3. The second-order valence-corrected chi connectivity index (χ2v) is 12.6. The Labute approximate surface area is 193 Å². The Balaban J connectivity index is 1.70. The minimum Gasteiger partial charge on any atom is -0.348 e. The zero-order valence-electron chi connectivity index (χ0n) is 18.9. The molecule has 4 rings (SSSR count). The van der Waals surface area contributed by atoms with E-state index in [4.69, 9.17) is 11.6 Å². The second kappa shape index (κ2) is 7.91. The largest absolute Gasteiger partial charge is 0.348 e. The number of nitrogens with zero attached hydrogens (tertiary/aromatic N) is 1. The Bertz CT molecular complexity index is 1040. The highest BCUT2D eigenvalue weighted by atomic mass is 35.5. The Hall–Kier alpha value is -1.25. The van der Waals surface area contributed by atoms with E-state index >= 15 is 8.78 Å². The molecule has 2 aliphatic carbocycles. The van der Waals surface area contributed by atoms with Crippen LogP contribution in [0.1, 0.15) is 63.1 Å². The van der Waals surface area contributed by atoms with Crippen molar-refractivity contribution >= 4 is 27.5 Å². The van der Waals surface area contributed by atoms with Gasteiger partial charge in [-0.3, -0.25) is 4.79 Å². The number of carbonyl (C=O) groups is 1. The van der Waals surface area contributed by atoms with Crippen LogP contribution in [-0.4, -0.2) is 43.1 Å². The van der Waals surface area contributed by atoms with Gasteiger partial charge in [0.25, 0.3) is 0 Å². The van der Waals surface area contributed by atoms with Gasteiger partial charge in [0.2, 0.25) is 15.9 Å². The Morgan fingerprint density at radius 2 is 1.88 bits per heavy atom. The summed E-state index contributed by atoms with van der Waals surface area (Å²) in [5.74, 6) is -1.68. The van der Waals surface area contributed by atoms with Crippen molar-refractivity contribution < 1.29 is 22.0 Å². The van der Waals surface area contributed by atoms with Gasteiger partial charge in [-0.15, -0.1) is 0 Å². The number of alkyl halides is 1. The number of halogens is 3. The highest BCUT2D eigenvalue weighted by Gasteiger charge is 2.59. The summed E-state index contributed by atoms with van der Waals surface area (Å²) >= 11 is 6.10. The zero-order valence-corrected chi connectivity index (χ0v) is 20.5. The van der Waals surface area contributed by atoms with Crippen LogP contribution in [0.4, 0.5) is 8.78 Å². The van der Waals surface area contributed by atoms with Gasteiger partial charge in [-0.25, -0.2) is 17.2 Å². The third-order valence-corrected chi connectivity index (χ3v) is 9.96. The van der Waals surface area contributed by atoms with Gasteiger partial charge in [-0.05, 0) is 68.9 Å². The van der Waals surface area contributed by atoms with Gasteiger partial charge in [0, 0.05) is 18.2 Å². The van der Waals surface area contributed by atoms with Crippen molar-refractivity contribution in [3.05, 3.63) is 34.1 Å². The van der Waals surface area contributed by atoms with Crippen molar-refractivity contribution in [1.29, 1.82) is 0 Å². The lowest BCUT2D eigenvalue weighted by Gasteiger charge is -2.38. The van der Waals surface area contributed by atoms with Crippen LogP contribution < -0.4 is 5.32 Å². The third-order valence-electron chi connectivity index (χ3n) is 8.34. The summed E-state index contributed by atoms with van der Waals surface area (Å²) in [6.07, 6.45) is 3.35. The molecule has 1 heterocycles. The lowest BCUT2D eigenvalue weighted by atomic mass is 9.73. The van der Waals surface area contributed by atoms with Gasteiger partial charge in [0.1, 0.15) is 11.5 Å². The molecule has 5 nitrogen and oxygen atoms in total. The molecule has 1 aliphatic heterocycles. The number of benzene rings is 1. The fourth-order valence-electron chi connectivity index (χ4n) is 6.25. The molecule has 32 heavy (non-hydrogen) atoms. The number of hydrogen-bond acceptors (Lipinski definition) is 3. The van der Waals surface area contributed by atoms with Crippen molar-refractivity contribution in [1.82, 2.24) is 9.62 Å². The summed E-state index contributed by atoms with van der Waals surface area (Å²) < 4.78 is 56.1. The van der Waals surface area contributed by atoms with E-state index in [0.717, 1.165) is 6.26 Å². The van der Waals surface area contributed by atoms with Crippen molar-refractivity contribution in [3.63, 3.8) is 0 Å². The number of nitrogens with one attached hydrogen (secondary N) is 1. The summed E-state index contributed by atoms with van der Waals surface area (Å²) in [7, 11) is -3.46. The number of carbonyl (C=O) groups excluding carboxylic acids is 1. The molecule has 1 saturated heterocycles. The van der Waals surface area contributed by atoms with Gasteiger partial charge in [-0.2, -0.15) is 4.31 Å². The van der Waals surface area contributed by atoms with E-state index in [1.54, 1.807) is 19.9 Å². The molecule has 3 fully saturated rings. The minimum atomic E-state index is -3.46. The molecule has 1 amide bonds. The molecule has 178 valence electrons. The molecule has 2 bridgehead atoms. The Morgan fingerprint density at radius 3 is 2.38 bits per heavy atom. The predicted octanol–water partition coefficient (Wildman–Crippen LogP) is 4.53. The molecule has 9 heteroatoms. The molecule has 0 radical (unpaired) electrons. The maximum Gasteiger partial charge on any atom is 0.225 e. The number of rotatable bonds is 5. The van der Waals surface area contributed by atoms with Gasteiger partial charge < -0.3 is 5.32 Å². The number of aryl methyl sites for hydroxylation is 1. The first-order valence-electron chi connectivity index (χ1n) is 11.2. The number of hydrogen-bond donors (Lipinski definition) is 1. The third kappa shape index (κ3) is 3.86. The van der Waals surface area contributed by atoms with E-state index in [1.807, 2.05) is 6.92 Å². The molecule has 1 aromatic rings. The number of fused-ring (bicyclic) bond motifs is 2. The van der Waals surface area contributed by atoms with E-state index in [0.29, 0.717) is 36.8 Å². The van der Waals surface area contributed by atoms with Gasteiger partial charge in [-0.1, -0.05) is 24.6 Å². The molecule has 2 saturated carbocycles. The molecule has 1 N–H and O–H groups in total. The van der Waals surface area contributed by atoms with E-state index in [2.05, 4.69) is 5.32 Å². The number of sulfonamides is 1. The van der Waals surface area contributed by atoms with Crippen LogP contribution in [0.2, 0.25) is 5.02 Å². The van der Waals surface area contributed by atoms with Crippen LogP contribution in [0.5, 0.6) is 0 Å². The fourth-order valence-corrected chi connectivity index (χ4v) is 7.65. The zero-order chi connectivity index (χ0) is 23.6. The monoisotopic (exact) mass is 488 g/mol. The molecular weight excluding hydrogens is 458 g/mol. The van der Waals surface area contributed by atoms with E-state index < -0.39 is 38.9 Å². The van der Waals surface area contributed by atoms with Crippen LogP contribution in [0.15, 0.2) is 12.1 Å². The standard InChI is InChI=1S/C23H31ClF2N2O3S/c1-13-5-6-17(24)19(25)18(13)20(22-7-9-23(26,12-22)10-8-22)27-21(29)16-11-28(32(4,30)31)15(3)14(16)2/h5-6,14-16,20H,7-12H2,1-4H3,(H,27,29)/t14-,15-,16+,20+,22?,23?/m0/s1. The smallest absolute Gasteiger partial charge is 0.225 e. The predicted molar refractivity (Wildman–Crippen MR) is 120 cm³/mol. The second-order valence-electron chi connectivity index (χ2n) is 10.3. The average Bonchev–Trinajstić information content (AvgIpc) is 3.33. The quantitative estimate of drug-likeness (QED) is 0.662. The van der Waals surface area contributed by atoms with Crippen LogP contribution in [-0.2, 0) is 14.8 Å². The summed E-state index contributed by atoms with van der Waals surface area (Å²) in [5, 5.41) is 3.03. The van der Waals surface area contributed by atoms with Crippen LogP contribution in [0.25, 0.3) is 0 Å². The van der Waals surface area contributed by atoms with Gasteiger partial charge in [0.15, 0.2) is 0 Å². The van der Waals surface area contributed by atoms with Crippen LogP contribution in [0, 0.1) is 30.0 Å². The van der Waals surface area contributed by atoms with Crippen molar-refractivity contribution in [2.75, 3.05) is 12.8 Å². The highest BCUT2D eigenvalue weighted by Crippen LogP contribution is 2.63. The number of amides is 1. The van der Waals surface area contributed by atoms with E-state index in [-0.39, 0.29) is 35.9 Å².